The minimum atomic E-state index is -4.70. The van der Waals surface area contributed by atoms with Crippen molar-refractivity contribution in [2.75, 3.05) is 40.9 Å². The average molecular weight is 909 g/mol. The van der Waals surface area contributed by atoms with Gasteiger partial charge in [-0.1, -0.05) is 212 Å². The van der Waals surface area contributed by atoms with Crippen LogP contribution in [0.2, 0.25) is 0 Å². The van der Waals surface area contributed by atoms with Crippen molar-refractivity contribution in [2.24, 2.45) is 0 Å². The molecular weight excluding hydrogens is 808 g/mol. The molecule has 0 aromatic rings. The van der Waals surface area contributed by atoms with E-state index in [1.54, 1.807) is 0 Å². The second-order valence-electron chi connectivity index (χ2n) is 19.0. The van der Waals surface area contributed by atoms with E-state index < -0.39 is 26.6 Å². The number of ether oxygens (including phenoxy) is 1. The summed E-state index contributed by atoms with van der Waals surface area (Å²) in [5.41, 5.74) is 0. The zero-order valence-electron chi connectivity index (χ0n) is 42.0. The van der Waals surface area contributed by atoms with Crippen LogP contribution in [0, 0.1) is 0 Å². The van der Waals surface area contributed by atoms with Crippen LogP contribution in [0.15, 0.2) is 36.5 Å². The second kappa shape index (κ2) is 44.1. The Bertz CT molecular complexity index is 1180. The number of carbonyl (C=O) groups excluding carboxylic acids is 2. The molecular formula is C53H101N2O7P. The number of hydrogen-bond acceptors (Lipinski definition) is 7. The topological polar surface area (TPSA) is 114 Å². The fourth-order valence-electron chi connectivity index (χ4n) is 7.45. The summed E-state index contributed by atoms with van der Waals surface area (Å²) in [5.74, 6) is -0.615. The van der Waals surface area contributed by atoms with Crippen molar-refractivity contribution >= 4 is 19.7 Å². The monoisotopic (exact) mass is 909 g/mol. The van der Waals surface area contributed by atoms with Crippen molar-refractivity contribution in [3.8, 4) is 0 Å². The minimum Gasteiger partial charge on any atom is -0.756 e. The third-order valence-electron chi connectivity index (χ3n) is 11.6. The number of phosphoric acid groups is 1. The normalized spacial score (nSPS) is 14.2. The van der Waals surface area contributed by atoms with E-state index in [1.807, 2.05) is 39.4 Å². The maximum absolute atomic E-state index is 13.4. The molecule has 0 aliphatic heterocycles. The number of quaternary nitrogens is 1. The van der Waals surface area contributed by atoms with E-state index in [-0.39, 0.29) is 31.3 Å². The quantitative estimate of drug-likeness (QED) is 0.0213. The van der Waals surface area contributed by atoms with Gasteiger partial charge in [0.2, 0.25) is 5.91 Å². The fraction of sp³-hybridized carbons (Fsp3) is 0.849. The van der Waals surface area contributed by atoms with E-state index in [0.717, 1.165) is 51.4 Å². The van der Waals surface area contributed by atoms with Crippen LogP contribution in [0.1, 0.15) is 239 Å². The first-order chi connectivity index (χ1) is 30.4. The van der Waals surface area contributed by atoms with Gasteiger partial charge in [-0.2, -0.15) is 0 Å². The number of nitrogens with zero attached hydrogens (tertiary/aromatic N) is 1. The maximum Gasteiger partial charge on any atom is 0.306 e. The number of phosphoric ester groups is 1. The molecule has 0 rings (SSSR count). The Labute approximate surface area is 389 Å². The Balaban J connectivity index is 5.48. The number of likely N-dealkylation sites (N-methyl/N-ethyl adjacent to an activating group) is 1. The lowest BCUT2D eigenvalue weighted by atomic mass is 10.0. The van der Waals surface area contributed by atoms with E-state index in [2.05, 4.69) is 44.3 Å². The highest BCUT2D eigenvalue weighted by molar-refractivity contribution is 7.45. The SMILES string of the molecule is CCCCCCCC/C=C\C/C=C/CCC(=O)NC(COP(=O)([O-])OCC[N+](C)(C)C)C(/C=C/CCCCCCCCCCC)OC(=O)CCCCCCCCCCCCCCC. The molecule has 0 saturated carbocycles. The summed E-state index contributed by atoms with van der Waals surface area (Å²) in [4.78, 5) is 39.6. The molecule has 63 heavy (non-hydrogen) atoms. The third kappa shape index (κ3) is 45.2. The van der Waals surface area contributed by atoms with Gasteiger partial charge in [-0.25, -0.2) is 0 Å². The summed E-state index contributed by atoms with van der Waals surface area (Å²) in [6.45, 7) is 6.77. The molecule has 0 fully saturated rings. The van der Waals surface area contributed by atoms with Gasteiger partial charge in [0.15, 0.2) is 0 Å². The van der Waals surface area contributed by atoms with Crippen molar-refractivity contribution in [2.45, 2.75) is 251 Å². The van der Waals surface area contributed by atoms with Gasteiger partial charge < -0.3 is 28.5 Å². The van der Waals surface area contributed by atoms with Crippen LogP contribution >= 0.6 is 7.82 Å². The summed E-state index contributed by atoms with van der Waals surface area (Å²) in [7, 11) is 1.16. The maximum atomic E-state index is 13.4. The Morgan fingerprint density at radius 3 is 1.46 bits per heavy atom. The van der Waals surface area contributed by atoms with Gasteiger partial charge in [0.25, 0.3) is 7.82 Å². The molecule has 9 nitrogen and oxygen atoms in total. The molecule has 0 aromatic heterocycles. The summed E-state index contributed by atoms with van der Waals surface area (Å²) in [6, 6.07) is -0.911. The Kier molecular flexibility index (Phi) is 42.8. The smallest absolute Gasteiger partial charge is 0.306 e. The van der Waals surface area contributed by atoms with E-state index in [1.165, 1.54) is 148 Å². The number of nitrogens with one attached hydrogen (secondary N) is 1. The number of unbranched alkanes of at least 4 members (excludes halogenated alkanes) is 27. The Morgan fingerprint density at radius 2 is 0.984 bits per heavy atom. The first-order valence-corrected chi connectivity index (χ1v) is 27.8. The standard InChI is InChI=1S/C53H101N2O7P/c1-7-10-13-16-19-22-25-27-30-33-36-39-42-45-52(56)54-50(49-61-63(58,59)60-48-47-55(4,5)6)51(44-41-38-35-32-29-24-21-18-15-12-9-3)62-53(57)46-43-40-37-34-31-28-26-23-20-17-14-11-8-2/h27,30,36,39,41,44,50-51H,7-26,28-29,31-35,37-38,40,42-43,45-49H2,1-6H3,(H-,54,56,58,59)/b30-27-,39-36+,44-41+. The van der Waals surface area contributed by atoms with Crippen molar-refractivity contribution < 1.29 is 37.3 Å². The van der Waals surface area contributed by atoms with Crippen molar-refractivity contribution in [1.82, 2.24) is 5.32 Å². The van der Waals surface area contributed by atoms with Gasteiger partial charge in [0, 0.05) is 12.8 Å². The number of amides is 1. The van der Waals surface area contributed by atoms with Crippen molar-refractivity contribution in [3.63, 3.8) is 0 Å². The average Bonchev–Trinajstić information content (AvgIpc) is 3.23. The van der Waals surface area contributed by atoms with Crippen molar-refractivity contribution in [1.29, 1.82) is 0 Å². The molecule has 0 bridgehead atoms. The highest BCUT2D eigenvalue weighted by atomic mass is 31.2. The van der Waals surface area contributed by atoms with Gasteiger partial charge in [-0.15, -0.1) is 0 Å². The molecule has 10 heteroatoms. The molecule has 1 N–H and O–H groups in total. The molecule has 3 unspecified atom stereocenters. The van der Waals surface area contributed by atoms with E-state index in [4.69, 9.17) is 13.8 Å². The number of allylic oxidation sites excluding steroid dienone is 5. The first-order valence-electron chi connectivity index (χ1n) is 26.3. The number of esters is 1. The predicted octanol–water partition coefficient (Wildman–Crippen LogP) is 14.6. The zero-order valence-corrected chi connectivity index (χ0v) is 42.9. The third-order valence-corrected chi connectivity index (χ3v) is 12.6. The number of hydrogen-bond donors (Lipinski definition) is 1. The minimum absolute atomic E-state index is 0.0297. The second-order valence-corrected chi connectivity index (χ2v) is 20.4. The first kappa shape index (κ1) is 61.2. The van der Waals surface area contributed by atoms with Crippen molar-refractivity contribution in [3.05, 3.63) is 36.5 Å². The zero-order chi connectivity index (χ0) is 46.5. The summed E-state index contributed by atoms with van der Waals surface area (Å²) < 4.78 is 30.0. The largest absolute Gasteiger partial charge is 0.756 e. The van der Waals surface area contributed by atoms with Gasteiger partial charge in [0.05, 0.1) is 33.8 Å². The highest BCUT2D eigenvalue weighted by Crippen LogP contribution is 2.38. The molecule has 3 atom stereocenters. The lowest BCUT2D eigenvalue weighted by molar-refractivity contribution is -0.870. The Morgan fingerprint density at radius 1 is 0.556 bits per heavy atom. The number of carbonyl (C=O) groups is 2. The van der Waals surface area contributed by atoms with Gasteiger partial charge in [-0.05, 0) is 51.0 Å². The van der Waals surface area contributed by atoms with Crippen LogP contribution in [0.3, 0.4) is 0 Å². The lowest BCUT2D eigenvalue weighted by Gasteiger charge is -2.30. The van der Waals surface area contributed by atoms with Crippen LogP contribution < -0.4 is 10.2 Å². The molecule has 0 saturated heterocycles. The van der Waals surface area contributed by atoms with Crippen LogP contribution in [0.25, 0.3) is 0 Å². The molecule has 0 aliphatic rings. The fourth-order valence-corrected chi connectivity index (χ4v) is 8.18. The summed E-state index contributed by atoms with van der Waals surface area (Å²) in [6.07, 6.45) is 49.8. The van der Waals surface area contributed by atoms with Gasteiger partial charge in [-0.3, -0.25) is 14.2 Å². The van der Waals surface area contributed by atoms with Gasteiger partial charge >= 0.3 is 5.97 Å². The lowest BCUT2D eigenvalue weighted by Crippen LogP contribution is -2.47. The molecule has 370 valence electrons. The summed E-state index contributed by atoms with van der Waals surface area (Å²) in [5, 5.41) is 2.97. The van der Waals surface area contributed by atoms with E-state index >= 15 is 0 Å². The van der Waals surface area contributed by atoms with Crippen LogP contribution in [-0.2, 0) is 27.9 Å². The molecule has 0 radical (unpaired) electrons. The summed E-state index contributed by atoms with van der Waals surface area (Å²) >= 11 is 0. The Hall–Kier alpha value is -1.77. The molecule has 0 heterocycles. The van der Waals surface area contributed by atoms with Crippen LogP contribution in [0.5, 0.6) is 0 Å². The molecule has 0 aromatic carbocycles. The number of rotatable bonds is 47. The molecule has 0 spiro atoms. The molecule has 0 aliphatic carbocycles. The predicted molar refractivity (Wildman–Crippen MR) is 266 cm³/mol. The van der Waals surface area contributed by atoms with E-state index in [9.17, 15) is 19.0 Å². The van der Waals surface area contributed by atoms with Gasteiger partial charge in [0.1, 0.15) is 19.3 Å². The van der Waals surface area contributed by atoms with E-state index in [0.29, 0.717) is 17.4 Å². The highest BCUT2D eigenvalue weighted by Gasteiger charge is 2.27. The van der Waals surface area contributed by atoms with Crippen LogP contribution in [0.4, 0.5) is 0 Å². The molecule has 1 amide bonds. The van der Waals surface area contributed by atoms with Crippen LogP contribution in [-0.4, -0.2) is 69.4 Å².